The Kier molecular flexibility index (Phi) is 4.51. The first-order chi connectivity index (χ1) is 9.27. The van der Waals surface area contributed by atoms with E-state index in [1.54, 1.807) is 24.3 Å². The zero-order valence-electron chi connectivity index (χ0n) is 10.0. The summed E-state index contributed by atoms with van der Waals surface area (Å²) in [5.74, 6) is 0. The van der Waals surface area contributed by atoms with Gasteiger partial charge in [0, 0.05) is 14.8 Å². The quantitative estimate of drug-likeness (QED) is 0.832. The van der Waals surface area contributed by atoms with Crippen LogP contribution in [0.1, 0.15) is 0 Å². The monoisotopic (exact) mass is 348 g/mol. The molecule has 0 unspecified atom stereocenters. The molecule has 0 atom stereocenters. The molecule has 0 aliphatic carbocycles. The van der Waals surface area contributed by atoms with Gasteiger partial charge in [-0.3, -0.25) is 0 Å². The highest BCUT2D eigenvalue weighted by atomic mass is 35.5. The summed E-state index contributed by atoms with van der Waals surface area (Å²) < 4.78 is 22.5. The number of nitrogen functional groups attached to an aromatic ring is 1. The molecule has 0 radical (unpaired) electrons. The average molecular weight is 349 g/mol. The van der Waals surface area contributed by atoms with Crippen LogP contribution >= 0.6 is 35.0 Å². The molecule has 0 amide bonds. The van der Waals surface area contributed by atoms with E-state index < -0.39 is 10.0 Å². The van der Waals surface area contributed by atoms with E-state index in [1.165, 1.54) is 23.9 Å². The summed E-state index contributed by atoms with van der Waals surface area (Å²) in [7, 11) is -3.82. The minimum absolute atomic E-state index is 0.0932. The number of sulfonamides is 1. The van der Waals surface area contributed by atoms with Crippen molar-refractivity contribution in [2.45, 2.75) is 14.7 Å². The van der Waals surface area contributed by atoms with Crippen LogP contribution < -0.4 is 10.9 Å². The van der Waals surface area contributed by atoms with Crippen LogP contribution in [0.2, 0.25) is 10.0 Å². The number of primary sulfonamides is 1. The highest BCUT2D eigenvalue weighted by Gasteiger charge is 2.13. The highest BCUT2D eigenvalue weighted by molar-refractivity contribution is 7.99. The number of nitrogens with two attached hydrogens (primary N) is 2. The first-order valence-corrected chi connectivity index (χ1v) is 8.44. The molecule has 0 saturated heterocycles. The minimum Gasteiger partial charge on any atom is -0.398 e. The number of benzene rings is 2. The second-order valence-corrected chi connectivity index (χ2v) is 7.41. The van der Waals surface area contributed by atoms with Gasteiger partial charge in [0.1, 0.15) is 4.90 Å². The van der Waals surface area contributed by atoms with Crippen LogP contribution in [-0.4, -0.2) is 8.42 Å². The van der Waals surface area contributed by atoms with Gasteiger partial charge in [-0.1, -0.05) is 35.0 Å². The van der Waals surface area contributed by atoms with Gasteiger partial charge in [-0.15, -0.1) is 0 Å². The molecule has 0 fully saturated rings. The molecule has 4 N–H and O–H groups in total. The van der Waals surface area contributed by atoms with Crippen molar-refractivity contribution in [1.29, 1.82) is 0 Å². The Morgan fingerprint density at radius 2 is 1.75 bits per heavy atom. The van der Waals surface area contributed by atoms with Gasteiger partial charge in [0.05, 0.1) is 10.7 Å². The van der Waals surface area contributed by atoms with E-state index in [-0.39, 0.29) is 10.6 Å². The number of anilines is 1. The molecule has 20 heavy (non-hydrogen) atoms. The van der Waals surface area contributed by atoms with Gasteiger partial charge in [0.25, 0.3) is 0 Å². The van der Waals surface area contributed by atoms with E-state index >= 15 is 0 Å². The SMILES string of the molecule is Nc1cc(Sc2cc(Cl)ccc2Cl)ccc1S(N)(=O)=O. The van der Waals surface area contributed by atoms with E-state index in [4.69, 9.17) is 34.1 Å². The van der Waals surface area contributed by atoms with Crippen molar-refractivity contribution < 1.29 is 8.42 Å². The number of rotatable bonds is 3. The van der Waals surface area contributed by atoms with Gasteiger partial charge < -0.3 is 5.73 Å². The van der Waals surface area contributed by atoms with Gasteiger partial charge in [-0.05, 0) is 36.4 Å². The molecule has 2 aromatic carbocycles. The van der Waals surface area contributed by atoms with Gasteiger partial charge in [-0.25, -0.2) is 13.6 Å². The predicted molar refractivity (Wildman–Crippen MR) is 82.8 cm³/mol. The maximum atomic E-state index is 11.3. The lowest BCUT2D eigenvalue weighted by atomic mass is 10.3. The lowest BCUT2D eigenvalue weighted by Gasteiger charge is -2.08. The highest BCUT2D eigenvalue weighted by Crippen LogP contribution is 2.36. The van der Waals surface area contributed by atoms with E-state index in [1.807, 2.05) is 0 Å². The Morgan fingerprint density at radius 1 is 1.05 bits per heavy atom. The van der Waals surface area contributed by atoms with Crippen molar-refractivity contribution >= 4 is 50.7 Å². The third-order valence-electron chi connectivity index (χ3n) is 2.41. The molecule has 4 nitrogen and oxygen atoms in total. The summed E-state index contributed by atoms with van der Waals surface area (Å²) in [6.45, 7) is 0. The summed E-state index contributed by atoms with van der Waals surface area (Å²) in [6, 6.07) is 9.60. The van der Waals surface area contributed by atoms with Crippen molar-refractivity contribution in [1.82, 2.24) is 0 Å². The van der Waals surface area contributed by atoms with Crippen molar-refractivity contribution in [2.24, 2.45) is 5.14 Å². The zero-order chi connectivity index (χ0) is 14.9. The average Bonchev–Trinajstić information content (AvgIpc) is 2.32. The normalized spacial score (nSPS) is 11.6. The summed E-state index contributed by atoms with van der Waals surface area (Å²) in [6.07, 6.45) is 0. The summed E-state index contributed by atoms with van der Waals surface area (Å²) in [5.41, 5.74) is 5.79. The van der Waals surface area contributed by atoms with Crippen LogP contribution in [0.15, 0.2) is 51.1 Å². The fourth-order valence-corrected chi connectivity index (χ4v) is 3.57. The summed E-state index contributed by atoms with van der Waals surface area (Å²) >= 11 is 13.3. The van der Waals surface area contributed by atoms with Crippen LogP contribution in [0.3, 0.4) is 0 Å². The first kappa shape index (κ1) is 15.5. The molecule has 0 aliphatic heterocycles. The van der Waals surface area contributed by atoms with Gasteiger partial charge in [0.2, 0.25) is 10.0 Å². The maximum Gasteiger partial charge on any atom is 0.240 e. The topological polar surface area (TPSA) is 86.2 Å². The third-order valence-corrected chi connectivity index (χ3v) is 5.12. The second-order valence-electron chi connectivity index (χ2n) is 3.92. The van der Waals surface area contributed by atoms with Crippen molar-refractivity contribution in [3.8, 4) is 0 Å². The minimum atomic E-state index is -3.82. The first-order valence-electron chi connectivity index (χ1n) is 5.32. The lowest BCUT2D eigenvalue weighted by molar-refractivity contribution is 0.598. The standard InChI is InChI=1S/C12H10Cl2N2O2S2/c13-7-1-3-9(14)11(5-7)19-8-2-4-12(10(15)6-8)20(16,17)18/h1-6H,15H2,(H2,16,17,18). The zero-order valence-corrected chi connectivity index (χ0v) is 13.2. The maximum absolute atomic E-state index is 11.3. The van der Waals surface area contributed by atoms with Crippen molar-refractivity contribution in [2.75, 3.05) is 5.73 Å². The van der Waals surface area contributed by atoms with Crippen LogP contribution in [0.4, 0.5) is 5.69 Å². The Morgan fingerprint density at radius 3 is 2.35 bits per heavy atom. The Hall–Kier alpha value is -0.920. The van der Waals surface area contributed by atoms with Crippen LogP contribution in [0.25, 0.3) is 0 Å². The largest absolute Gasteiger partial charge is 0.398 e. The smallest absolute Gasteiger partial charge is 0.240 e. The second kappa shape index (κ2) is 5.83. The molecule has 0 aliphatic rings. The Labute approximate surface area is 131 Å². The van der Waals surface area contributed by atoms with E-state index in [0.717, 1.165) is 9.79 Å². The van der Waals surface area contributed by atoms with Crippen LogP contribution in [0, 0.1) is 0 Å². The number of hydrogen-bond donors (Lipinski definition) is 2. The Balaban J connectivity index is 2.36. The molecule has 0 aromatic heterocycles. The molecule has 0 spiro atoms. The third kappa shape index (κ3) is 3.59. The van der Waals surface area contributed by atoms with E-state index in [0.29, 0.717) is 10.0 Å². The molecule has 8 heteroatoms. The number of halogens is 2. The number of hydrogen-bond acceptors (Lipinski definition) is 4. The van der Waals surface area contributed by atoms with Crippen LogP contribution in [-0.2, 0) is 10.0 Å². The molecule has 0 saturated carbocycles. The molecule has 106 valence electrons. The molecule has 2 aromatic rings. The van der Waals surface area contributed by atoms with Gasteiger partial charge in [-0.2, -0.15) is 0 Å². The molecule has 0 heterocycles. The van der Waals surface area contributed by atoms with E-state index in [9.17, 15) is 8.42 Å². The molecular formula is C12H10Cl2N2O2S2. The van der Waals surface area contributed by atoms with E-state index in [2.05, 4.69) is 0 Å². The fourth-order valence-electron chi connectivity index (χ4n) is 1.53. The van der Waals surface area contributed by atoms with Crippen molar-refractivity contribution in [3.05, 3.63) is 46.4 Å². The fraction of sp³-hybridized carbons (Fsp3) is 0. The lowest BCUT2D eigenvalue weighted by Crippen LogP contribution is -2.14. The molecule has 2 rings (SSSR count). The van der Waals surface area contributed by atoms with Crippen molar-refractivity contribution in [3.63, 3.8) is 0 Å². The van der Waals surface area contributed by atoms with Gasteiger partial charge >= 0.3 is 0 Å². The predicted octanol–water partition coefficient (Wildman–Crippen LogP) is 3.37. The summed E-state index contributed by atoms with van der Waals surface area (Å²) in [4.78, 5) is 1.39. The summed E-state index contributed by atoms with van der Waals surface area (Å²) in [5, 5.41) is 6.16. The molecule has 0 bridgehead atoms. The van der Waals surface area contributed by atoms with Gasteiger partial charge in [0.15, 0.2) is 0 Å². The molecular weight excluding hydrogens is 339 g/mol. The Bertz CT molecular complexity index is 764. The van der Waals surface area contributed by atoms with Crippen LogP contribution in [0.5, 0.6) is 0 Å².